The van der Waals surface area contributed by atoms with Gasteiger partial charge in [-0.1, -0.05) is 34.1 Å². The Labute approximate surface area is 142 Å². The van der Waals surface area contributed by atoms with Gasteiger partial charge in [0.1, 0.15) is 17.6 Å². The van der Waals surface area contributed by atoms with Crippen LogP contribution in [0.5, 0.6) is 11.5 Å². The Hall–Kier alpha value is -2.58. The van der Waals surface area contributed by atoms with E-state index in [9.17, 15) is 4.79 Å². The standard InChI is InChI=1S/C18H12BrNO3/c1-11-15(22-9-8-20)7-6-13-17(21)16(23-18(11)13)10-12-4-2-3-5-14(12)19/h2-7,10H,9H2,1H3/b16-10-. The molecule has 0 unspecified atom stereocenters. The zero-order chi connectivity index (χ0) is 16.4. The minimum absolute atomic E-state index is 0.0484. The summed E-state index contributed by atoms with van der Waals surface area (Å²) in [6.45, 7) is 1.76. The first-order valence-corrected chi connectivity index (χ1v) is 7.73. The van der Waals surface area contributed by atoms with Crippen LogP contribution in [0.25, 0.3) is 6.08 Å². The third-order valence-electron chi connectivity index (χ3n) is 3.52. The second-order valence-corrected chi connectivity index (χ2v) is 5.83. The number of carbonyl (C=O) groups is 1. The number of nitrogens with zero attached hydrogens (tertiary/aromatic N) is 1. The summed E-state index contributed by atoms with van der Waals surface area (Å²) in [6.07, 6.45) is 1.71. The van der Waals surface area contributed by atoms with Gasteiger partial charge in [-0.2, -0.15) is 5.26 Å². The molecule has 0 amide bonds. The van der Waals surface area contributed by atoms with E-state index in [0.717, 1.165) is 10.0 Å². The summed E-state index contributed by atoms with van der Waals surface area (Å²) in [6, 6.07) is 12.9. The van der Waals surface area contributed by atoms with Crippen molar-refractivity contribution in [2.45, 2.75) is 6.92 Å². The van der Waals surface area contributed by atoms with Gasteiger partial charge in [-0.25, -0.2) is 0 Å². The second-order valence-electron chi connectivity index (χ2n) is 4.97. The van der Waals surface area contributed by atoms with Crippen molar-refractivity contribution in [2.24, 2.45) is 0 Å². The van der Waals surface area contributed by atoms with Crippen LogP contribution in [0.4, 0.5) is 0 Å². The minimum atomic E-state index is -0.161. The fraction of sp³-hybridized carbons (Fsp3) is 0.111. The number of carbonyl (C=O) groups excluding carboxylic acids is 1. The average molecular weight is 370 g/mol. The maximum Gasteiger partial charge on any atom is 0.231 e. The fourth-order valence-corrected chi connectivity index (χ4v) is 2.77. The molecule has 4 nitrogen and oxygen atoms in total. The molecule has 1 heterocycles. The van der Waals surface area contributed by atoms with Gasteiger partial charge in [0.25, 0.3) is 0 Å². The lowest BCUT2D eigenvalue weighted by Crippen LogP contribution is -1.98. The SMILES string of the molecule is Cc1c(OCC#N)ccc2c1O/C(=C\c1ccccc1Br)C2=O. The number of nitriles is 1. The Morgan fingerprint density at radius 1 is 1.30 bits per heavy atom. The van der Waals surface area contributed by atoms with Gasteiger partial charge in [-0.15, -0.1) is 0 Å². The molecule has 1 aliphatic rings. The molecule has 0 saturated heterocycles. The van der Waals surface area contributed by atoms with Crippen molar-refractivity contribution in [3.63, 3.8) is 0 Å². The van der Waals surface area contributed by atoms with Crippen molar-refractivity contribution in [3.05, 3.63) is 63.3 Å². The highest BCUT2D eigenvalue weighted by Crippen LogP contribution is 2.39. The Kier molecular flexibility index (Phi) is 4.18. The number of hydrogen-bond acceptors (Lipinski definition) is 4. The third kappa shape index (κ3) is 2.86. The zero-order valence-electron chi connectivity index (χ0n) is 12.3. The van der Waals surface area contributed by atoms with Crippen LogP contribution in [0.1, 0.15) is 21.5 Å². The predicted molar refractivity (Wildman–Crippen MR) is 89.4 cm³/mol. The summed E-state index contributed by atoms with van der Waals surface area (Å²) < 4.78 is 12.0. The van der Waals surface area contributed by atoms with Crippen molar-refractivity contribution in [2.75, 3.05) is 6.61 Å². The first-order valence-electron chi connectivity index (χ1n) is 6.94. The number of rotatable bonds is 3. The van der Waals surface area contributed by atoms with Crippen molar-refractivity contribution in [3.8, 4) is 17.6 Å². The molecule has 5 heteroatoms. The van der Waals surface area contributed by atoms with Gasteiger partial charge < -0.3 is 9.47 Å². The number of ketones is 1. The maximum atomic E-state index is 12.5. The number of benzene rings is 2. The molecule has 114 valence electrons. The molecule has 3 rings (SSSR count). The average Bonchev–Trinajstić information content (AvgIpc) is 2.86. The molecular formula is C18H12BrNO3. The number of ether oxygens (including phenoxy) is 2. The molecule has 2 aromatic carbocycles. The molecule has 0 radical (unpaired) electrons. The second kappa shape index (κ2) is 6.27. The van der Waals surface area contributed by atoms with Gasteiger partial charge in [0.15, 0.2) is 12.4 Å². The van der Waals surface area contributed by atoms with Crippen molar-refractivity contribution >= 4 is 27.8 Å². The van der Waals surface area contributed by atoms with Crippen LogP contribution in [0.15, 0.2) is 46.6 Å². The topological polar surface area (TPSA) is 59.3 Å². The third-order valence-corrected chi connectivity index (χ3v) is 4.24. The molecule has 0 atom stereocenters. The Balaban J connectivity index is 1.98. The van der Waals surface area contributed by atoms with Gasteiger partial charge in [0.05, 0.1) is 5.56 Å². The molecule has 0 aromatic heterocycles. The Morgan fingerprint density at radius 2 is 2.09 bits per heavy atom. The molecule has 0 saturated carbocycles. The molecule has 1 aliphatic heterocycles. The lowest BCUT2D eigenvalue weighted by molar-refractivity contribution is 0.101. The molecular weight excluding hydrogens is 358 g/mol. The number of hydrogen-bond donors (Lipinski definition) is 0. The minimum Gasteiger partial charge on any atom is -0.478 e. The van der Waals surface area contributed by atoms with Gasteiger partial charge in [0, 0.05) is 10.0 Å². The lowest BCUT2D eigenvalue weighted by atomic mass is 10.1. The number of halogens is 1. The summed E-state index contributed by atoms with van der Waals surface area (Å²) in [7, 11) is 0. The number of allylic oxidation sites excluding steroid dienone is 1. The van der Waals surface area contributed by atoms with Crippen LogP contribution >= 0.6 is 15.9 Å². The highest BCUT2D eigenvalue weighted by atomic mass is 79.9. The van der Waals surface area contributed by atoms with E-state index in [1.807, 2.05) is 30.3 Å². The summed E-state index contributed by atoms with van der Waals surface area (Å²) in [5, 5.41) is 8.61. The summed E-state index contributed by atoms with van der Waals surface area (Å²) >= 11 is 3.45. The van der Waals surface area contributed by atoms with Crippen LogP contribution in [0.2, 0.25) is 0 Å². The highest BCUT2D eigenvalue weighted by molar-refractivity contribution is 9.10. The lowest BCUT2D eigenvalue weighted by Gasteiger charge is -2.08. The first-order chi connectivity index (χ1) is 11.1. The monoisotopic (exact) mass is 369 g/mol. The quantitative estimate of drug-likeness (QED) is 0.757. The van der Waals surface area contributed by atoms with Crippen LogP contribution in [-0.4, -0.2) is 12.4 Å². The molecule has 0 fully saturated rings. The van der Waals surface area contributed by atoms with E-state index < -0.39 is 0 Å². The van der Waals surface area contributed by atoms with Crippen molar-refractivity contribution in [1.82, 2.24) is 0 Å². The van der Waals surface area contributed by atoms with E-state index in [1.54, 1.807) is 25.1 Å². The van der Waals surface area contributed by atoms with Crippen LogP contribution in [0, 0.1) is 18.3 Å². The van der Waals surface area contributed by atoms with Gasteiger partial charge >= 0.3 is 0 Å². The normalized spacial score (nSPS) is 14.3. The largest absolute Gasteiger partial charge is 0.478 e. The maximum absolute atomic E-state index is 12.5. The van der Waals surface area contributed by atoms with Crippen LogP contribution in [0.3, 0.4) is 0 Å². The summed E-state index contributed by atoms with van der Waals surface area (Å²) in [5.41, 5.74) is 2.08. The Bertz CT molecular complexity index is 865. The van der Waals surface area contributed by atoms with Gasteiger partial charge in [0.2, 0.25) is 5.78 Å². The van der Waals surface area contributed by atoms with E-state index >= 15 is 0 Å². The smallest absolute Gasteiger partial charge is 0.231 e. The summed E-state index contributed by atoms with van der Waals surface area (Å²) in [5.74, 6) is 1.14. The molecule has 0 N–H and O–H groups in total. The highest BCUT2D eigenvalue weighted by Gasteiger charge is 2.30. The van der Waals surface area contributed by atoms with Crippen molar-refractivity contribution in [1.29, 1.82) is 5.26 Å². The predicted octanol–water partition coefficient (Wildman–Crippen LogP) is 4.28. The zero-order valence-corrected chi connectivity index (χ0v) is 13.9. The van der Waals surface area contributed by atoms with E-state index in [1.165, 1.54) is 0 Å². The molecule has 2 aromatic rings. The first kappa shape index (κ1) is 15.3. The van der Waals surface area contributed by atoms with Crippen LogP contribution in [-0.2, 0) is 0 Å². The molecule has 0 spiro atoms. The summed E-state index contributed by atoms with van der Waals surface area (Å²) in [4.78, 5) is 12.5. The van der Waals surface area contributed by atoms with Gasteiger partial charge in [-0.3, -0.25) is 4.79 Å². The van der Waals surface area contributed by atoms with E-state index in [2.05, 4.69) is 15.9 Å². The Morgan fingerprint density at radius 3 is 2.83 bits per heavy atom. The van der Waals surface area contributed by atoms with E-state index in [0.29, 0.717) is 22.6 Å². The fourth-order valence-electron chi connectivity index (χ4n) is 2.37. The van der Waals surface area contributed by atoms with Crippen molar-refractivity contribution < 1.29 is 14.3 Å². The van der Waals surface area contributed by atoms with E-state index in [-0.39, 0.29) is 18.1 Å². The van der Waals surface area contributed by atoms with Crippen LogP contribution < -0.4 is 9.47 Å². The van der Waals surface area contributed by atoms with Gasteiger partial charge in [-0.05, 0) is 36.8 Å². The number of fused-ring (bicyclic) bond motifs is 1. The van der Waals surface area contributed by atoms with E-state index in [4.69, 9.17) is 14.7 Å². The number of Topliss-reactive ketones (excluding diaryl/α,β-unsaturated/α-hetero) is 1. The molecule has 0 bridgehead atoms. The molecule has 0 aliphatic carbocycles. The molecule has 23 heavy (non-hydrogen) atoms.